The molecule has 1 amide bonds. The first kappa shape index (κ1) is 25.9. The third kappa shape index (κ3) is 5.11. The van der Waals surface area contributed by atoms with Crippen LogP contribution in [0, 0.1) is 17.2 Å². The molecular weight excluding hydrogens is 504 g/mol. The molecule has 4 aromatic rings. The molecule has 1 N–H and O–H groups in total. The van der Waals surface area contributed by atoms with Crippen LogP contribution in [0.25, 0.3) is 27.8 Å². The molecule has 4 aromatic heterocycles. The molecule has 2 aliphatic heterocycles. The van der Waals surface area contributed by atoms with Crippen LogP contribution in [0.5, 0.6) is 0 Å². The zero-order chi connectivity index (χ0) is 28.0. The molecule has 7 rings (SSSR count). The molecule has 1 aliphatic carbocycles. The second kappa shape index (κ2) is 9.97. The summed E-state index contributed by atoms with van der Waals surface area (Å²) >= 11 is 0. The largest absolute Gasteiger partial charge is 0.444 e. The van der Waals surface area contributed by atoms with E-state index in [-0.39, 0.29) is 12.1 Å². The highest BCUT2D eigenvalue weighted by Crippen LogP contribution is 2.37. The fraction of sp³-hybridized carbons (Fsp3) is 0.433. The van der Waals surface area contributed by atoms with Gasteiger partial charge in [-0.2, -0.15) is 15.5 Å². The third-order valence-electron chi connectivity index (χ3n) is 7.82. The van der Waals surface area contributed by atoms with Gasteiger partial charge in [-0.1, -0.05) is 0 Å². The van der Waals surface area contributed by atoms with Crippen LogP contribution in [-0.2, 0) is 11.8 Å². The lowest BCUT2D eigenvalue weighted by molar-refractivity contribution is 0.0498. The minimum Gasteiger partial charge on any atom is -0.444 e. The fourth-order valence-electron chi connectivity index (χ4n) is 6.11. The van der Waals surface area contributed by atoms with Crippen molar-refractivity contribution in [2.75, 3.05) is 11.4 Å². The smallest absolute Gasteiger partial charge is 0.407 e. The van der Waals surface area contributed by atoms with E-state index in [0.29, 0.717) is 17.5 Å². The van der Waals surface area contributed by atoms with Gasteiger partial charge in [0.05, 0.1) is 23.5 Å². The number of nitrogens with one attached hydrogen (secondary N) is 1. The van der Waals surface area contributed by atoms with Gasteiger partial charge in [-0.3, -0.25) is 4.68 Å². The maximum absolute atomic E-state index is 12.4. The van der Waals surface area contributed by atoms with E-state index in [1.807, 2.05) is 52.6 Å². The lowest BCUT2D eigenvalue weighted by atomic mass is 9.94. The lowest BCUT2D eigenvalue weighted by Crippen LogP contribution is -2.43. The molecule has 3 atom stereocenters. The van der Waals surface area contributed by atoms with E-state index >= 15 is 0 Å². The normalized spacial score (nSPS) is 20.8. The summed E-state index contributed by atoms with van der Waals surface area (Å²) in [5, 5.41) is 21.6. The number of carbonyl (C=O) groups excluding carboxylic acids is 1. The van der Waals surface area contributed by atoms with Crippen molar-refractivity contribution in [2.24, 2.45) is 13.0 Å². The Hall–Kier alpha value is -4.39. The Balaban J connectivity index is 1.27. The number of piperidine rings is 1. The molecule has 40 heavy (non-hydrogen) atoms. The van der Waals surface area contributed by atoms with Crippen molar-refractivity contribution in [2.45, 2.75) is 64.1 Å². The predicted octanol–water partition coefficient (Wildman–Crippen LogP) is 4.94. The molecule has 2 bridgehead atoms. The summed E-state index contributed by atoms with van der Waals surface area (Å²) in [5.41, 5.74) is 4.51. The topological polar surface area (TPSA) is 113 Å². The van der Waals surface area contributed by atoms with Crippen molar-refractivity contribution >= 4 is 17.4 Å². The maximum atomic E-state index is 12.4. The van der Waals surface area contributed by atoms with Gasteiger partial charge < -0.3 is 15.0 Å². The van der Waals surface area contributed by atoms with Gasteiger partial charge in [0.1, 0.15) is 17.5 Å². The lowest BCUT2D eigenvalue weighted by Gasteiger charge is -2.37. The molecule has 0 radical (unpaired) electrons. The summed E-state index contributed by atoms with van der Waals surface area (Å²) in [4.78, 5) is 19.8. The van der Waals surface area contributed by atoms with Gasteiger partial charge in [0.15, 0.2) is 0 Å². The van der Waals surface area contributed by atoms with Crippen LogP contribution in [0.1, 0.15) is 52.0 Å². The first-order valence-electron chi connectivity index (χ1n) is 13.8. The van der Waals surface area contributed by atoms with Gasteiger partial charge in [-0.25, -0.2) is 14.3 Å². The number of amides is 1. The third-order valence-corrected chi connectivity index (χ3v) is 7.82. The van der Waals surface area contributed by atoms with Crippen molar-refractivity contribution in [3.05, 3.63) is 54.7 Å². The number of carbonyl (C=O) groups is 1. The van der Waals surface area contributed by atoms with E-state index in [9.17, 15) is 10.1 Å². The van der Waals surface area contributed by atoms with Crippen LogP contribution in [0.15, 0.2) is 49.2 Å². The number of nitriles is 1. The molecule has 3 fully saturated rings. The second-order valence-corrected chi connectivity index (χ2v) is 12.0. The molecule has 206 valence electrons. The second-order valence-electron chi connectivity index (χ2n) is 12.0. The Morgan fingerprint density at radius 1 is 1.07 bits per heavy atom. The average molecular weight is 539 g/mol. The van der Waals surface area contributed by atoms with Crippen molar-refractivity contribution in [3.8, 4) is 28.3 Å². The van der Waals surface area contributed by atoms with Crippen molar-refractivity contribution in [1.29, 1.82) is 5.26 Å². The average Bonchev–Trinajstić information content (AvgIpc) is 3.43. The Kier molecular flexibility index (Phi) is 6.45. The number of hydrogen-bond acceptors (Lipinski definition) is 7. The Bertz CT molecular complexity index is 1590. The van der Waals surface area contributed by atoms with E-state index in [2.05, 4.69) is 44.7 Å². The first-order chi connectivity index (χ1) is 19.2. The first-order valence-corrected chi connectivity index (χ1v) is 13.8. The predicted molar refractivity (Wildman–Crippen MR) is 152 cm³/mol. The maximum Gasteiger partial charge on any atom is 0.407 e. The number of anilines is 1. The van der Waals surface area contributed by atoms with Gasteiger partial charge in [-0.05, 0) is 70.6 Å². The van der Waals surface area contributed by atoms with Crippen LogP contribution in [0.3, 0.4) is 0 Å². The Labute approximate surface area is 233 Å². The van der Waals surface area contributed by atoms with Gasteiger partial charge >= 0.3 is 6.09 Å². The number of hydrogen-bond donors (Lipinski definition) is 1. The summed E-state index contributed by atoms with van der Waals surface area (Å²) in [6.45, 7) is 6.57. The number of pyridine rings is 2. The zero-order valence-corrected chi connectivity index (χ0v) is 23.3. The van der Waals surface area contributed by atoms with Crippen LogP contribution >= 0.6 is 0 Å². The van der Waals surface area contributed by atoms with Crippen LogP contribution in [0.2, 0.25) is 0 Å². The monoisotopic (exact) mass is 538 g/mol. The highest BCUT2D eigenvalue weighted by atomic mass is 16.6. The summed E-state index contributed by atoms with van der Waals surface area (Å²) < 4.78 is 9.04. The number of nitrogens with zero attached hydrogens (tertiary/aromatic N) is 7. The molecular formula is C30H34N8O2. The number of aromatic nitrogens is 5. The summed E-state index contributed by atoms with van der Waals surface area (Å²) in [6.07, 6.45) is 12.9. The molecule has 3 aliphatic rings. The molecule has 0 spiro atoms. The van der Waals surface area contributed by atoms with E-state index in [1.165, 1.54) is 0 Å². The SMILES string of the molecule is Cn1cc(-c2cc(-c3ccc(N4C[C@@H]5CC[C@@H]4C[C@@H](NC(=O)OC(C)(C)C)C5)nc3)c3c(C#N)cnn3c2)cn1. The number of alkyl carbamates (subject to hydrolysis) is 1. The summed E-state index contributed by atoms with van der Waals surface area (Å²) in [7, 11) is 1.89. The van der Waals surface area contributed by atoms with Crippen molar-refractivity contribution in [3.63, 3.8) is 0 Å². The van der Waals surface area contributed by atoms with Gasteiger partial charge in [0.2, 0.25) is 0 Å². The van der Waals surface area contributed by atoms with Gasteiger partial charge in [0, 0.05) is 66.5 Å². The molecule has 2 saturated heterocycles. The van der Waals surface area contributed by atoms with Crippen LogP contribution < -0.4 is 10.2 Å². The number of fused-ring (bicyclic) bond motifs is 5. The van der Waals surface area contributed by atoms with Crippen molar-refractivity contribution < 1.29 is 9.53 Å². The van der Waals surface area contributed by atoms with Gasteiger partial charge in [-0.15, -0.1) is 0 Å². The highest BCUT2D eigenvalue weighted by molar-refractivity contribution is 5.87. The minimum atomic E-state index is -0.514. The van der Waals surface area contributed by atoms with Crippen LogP contribution in [-0.4, -0.2) is 54.7 Å². The highest BCUT2D eigenvalue weighted by Gasteiger charge is 2.37. The number of ether oxygens (including phenoxy) is 1. The molecule has 0 aromatic carbocycles. The summed E-state index contributed by atoms with van der Waals surface area (Å²) in [6, 6.07) is 8.89. The standard InChI is InChI=1S/C30H34N8O2/c1-30(2,3)40-29(39)35-24-9-19-5-7-25(11-24)37(16-19)27-8-6-20(13-32-27)26-10-21(23-15-33-36(4)17-23)18-38-28(26)22(12-31)14-34-38/h6,8,10,13-15,17-19,24-25H,5,7,9,11,16H2,1-4H3,(H,35,39)/t19-,24+,25-/m1/s1. The fourth-order valence-corrected chi connectivity index (χ4v) is 6.11. The molecule has 0 unspecified atom stereocenters. The van der Waals surface area contributed by atoms with E-state index in [0.717, 1.165) is 65.8 Å². The quantitative estimate of drug-likeness (QED) is 0.391. The molecule has 1 saturated carbocycles. The summed E-state index contributed by atoms with van der Waals surface area (Å²) in [5.74, 6) is 1.42. The Morgan fingerprint density at radius 3 is 2.62 bits per heavy atom. The van der Waals surface area contributed by atoms with E-state index in [1.54, 1.807) is 15.4 Å². The zero-order valence-electron chi connectivity index (χ0n) is 23.3. The molecule has 6 heterocycles. The molecule has 10 heteroatoms. The van der Waals surface area contributed by atoms with Crippen LogP contribution in [0.4, 0.5) is 10.6 Å². The van der Waals surface area contributed by atoms with Crippen molar-refractivity contribution in [1.82, 2.24) is 29.7 Å². The van der Waals surface area contributed by atoms with E-state index in [4.69, 9.17) is 9.72 Å². The minimum absolute atomic E-state index is 0.0893. The van der Waals surface area contributed by atoms with Gasteiger partial charge in [0.25, 0.3) is 0 Å². The molecule has 10 nitrogen and oxygen atoms in total. The Morgan fingerprint density at radius 2 is 1.93 bits per heavy atom. The van der Waals surface area contributed by atoms with E-state index < -0.39 is 5.60 Å². The number of rotatable bonds is 4. The number of aryl methyl sites for hydroxylation is 1.